The summed E-state index contributed by atoms with van der Waals surface area (Å²) in [4.78, 5) is 14.6. The highest BCUT2D eigenvalue weighted by atomic mass is 16.2. The Hall–Kier alpha value is -0.570. The molecule has 1 heterocycles. The molecular formula is C16H30N2O. The second-order valence-corrected chi connectivity index (χ2v) is 6.74. The molecule has 0 bridgehead atoms. The summed E-state index contributed by atoms with van der Waals surface area (Å²) >= 11 is 0. The van der Waals surface area contributed by atoms with Gasteiger partial charge in [0.2, 0.25) is 5.91 Å². The maximum atomic E-state index is 12.5. The van der Waals surface area contributed by atoms with Crippen LogP contribution in [0.15, 0.2) is 0 Å². The molecule has 1 aliphatic heterocycles. The highest BCUT2D eigenvalue weighted by molar-refractivity contribution is 5.84. The van der Waals surface area contributed by atoms with Crippen LogP contribution in [-0.2, 0) is 4.79 Å². The summed E-state index contributed by atoms with van der Waals surface area (Å²) in [5.74, 6) is 1.79. The highest BCUT2D eigenvalue weighted by Crippen LogP contribution is 2.29. The molecule has 1 amide bonds. The minimum atomic E-state index is 0.0635. The summed E-state index contributed by atoms with van der Waals surface area (Å²) in [5.41, 5.74) is 0. The van der Waals surface area contributed by atoms with Crippen molar-refractivity contribution in [1.29, 1.82) is 0 Å². The van der Waals surface area contributed by atoms with Gasteiger partial charge in [0.05, 0.1) is 12.2 Å². The third-order valence-corrected chi connectivity index (χ3v) is 4.70. The number of hydrogen-bond acceptors (Lipinski definition) is 2. The minimum absolute atomic E-state index is 0.0635. The van der Waals surface area contributed by atoms with Gasteiger partial charge in [-0.3, -0.25) is 10.1 Å². The molecule has 0 aromatic rings. The highest BCUT2D eigenvalue weighted by Gasteiger charge is 2.37. The van der Waals surface area contributed by atoms with Crippen LogP contribution in [0.25, 0.3) is 0 Å². The normalized spacial score (nSPS) is 28.8. The number of carbonyl (C=O) groups is 1. The van der Waals surface area contributed by atoms with Gasteiger partial charge in [0.25, 0.3) is 0 Å². The number of carbonyl (C=O) groups excluding carboxylic acids is 1. The van der Waals surface area contributed by atoms with Gasteiger partial charge >= 0.3 is 0 Å². The van der Waals surface area contributed by atoms with Gasteiger partial charge in [0, 0.05) is 6.54 Å². The standard InChI is InChI=1S/C16H30N2O/c1-4-15-17-14(11-12(2)3)16(19)18(15)10-9-13-7-5-6-8-13/h12-15,17H,4-11H2,1-3H3. The zero-order valence-corrected chi connectivity index (χ0v) is 12.8. The average molecular weight is 266 g/mol. The van der Waals surface area contributed by atoms with Crippen molar-refractivity contribution in [1.82, 2.24) is 10.2 Å². The van der Waals surface area contributed by atoms with Gasteiger partial charge in [-0.2, -0.15) is 0 Å². The Bertz CT molecular complexity index is 297. The third-order valence-electron chi connectivity index (χ3n) is 4.70. The third kappa shape index (κ3) is 3.71. The van der Waals surface area contributed by atoms with Crippen molar-refractivity contribution in [3.8, 4) is 0 Å². The van der Waals surface area contributed by atoms with Crippen LogP contribution in [-0.4, -0.2) is 29.6 Å². The Labute approximate surface area is 118 Å². The molecule has 0 aromatic carbocycles. The van der Waals surface area contributed by atoms with E-state index in [0.29, 0.717) is 11.8 Å². The molecule has 0 radical (unpaired) electrons. The van der Waals surface area contributed by atoms with Crippen LogP contribution in [0.3, 0.4) is 0 Å². The number of rotatable bonds is 6. The Morgan fingerprint density at radius 1 is 1.32 bits per heavy atom. The topological polar surface area (TPSA) is 32.3 Å². The monoisotopic (exact) mass is 266 g/mol. The summed E-state index contributed by atoms with van der Waals surface area (Å²) in [5, 5.41) is 3.52. The lowest BCUT2D eigenvalue weighted by atomic mass is 10.0. The molecule has 0 aromatic heterocycles. The Morgan fingerprint density at radius 3 is 2.58 bits per heavy atom. The lowest BCUT2D eigenvalue weighted by molar-refractivity contribution is -0.130. The van der Waals surface area contributed by atoms with Crippen LogP contribution < -0.4 is 5.32 Å². The lowest BCUT2D eigenvalue weighted by Gasteiger charge is -2.24. The van der Waals surface area contributed by atoms with Gasteiger partial charge in [-0.05, 0) is 31.1 Å². The van der Waals surface area contributed by atoms with E-state index < -0.39 is 0 Å². The van der Waals surface area contributed by atoms with E-state index in [1.807, 2.05) is 0 Å². The molecule has 2 rings (SSSR count). The van der Waals surface area contributed by atoms with E-state index >= 15 is 0 Å². The van der Waals surface area contributed by atoms with Crippen LogP contribution in [0.2, 0.25) is 0 Å². The van der Waals surface area contributed by atoms with E-state index in [0.717, 1.165) is 25.3 Å². The van der Waals surface area contributed by atoms with E-state index in [2.05, 4.69) is 31.0 Å². The number of nitrogens with one attached hydrogen (secondary N) is 1. The smallest absolute Gasteiger partial charge is 0.241 e. The molecule has 110 valence electrons. The molecule has 2 unspecified atom stereocenters. The van der Waals surface area contributed by atoms with Crippen molar-refractivity contribution in [2.24, 2.45) is 11.8 Å². The van der Waals surface area contributed by atoms with E-state index in [-0.39, 0.29) is 12.2 Å². The molecule has 1 aliphatic carbocycles. The van der Waals surface area contributed by atoms with E-state index in [1.165, 1.54) is 32.1 Å². The Morgan fingerprint density at radius 2 is 2.00 bits per heavy atom. The van der Waals surface area contributed by atoms with Crippen molar-refractivity contribution >= 4 is 5.91 Å². The van der Waals surface area contributed by atoms with Gasteiger partial charge in [0.15, 0.2) is 0 Å². The lowest BCUT2D eigenvalue weighted by Crippen LogP contribution is -2.37. The van der Waals surface area contributed by atoms with Crippen molar-refractivity contribution in [3.05, 3.63) is 0 Å². The maximum absolute atomic E-state index is 12.5. The quantitative estimate of drug-likeness (QED) is 0.801. The number of hydrogen-bond donors (Lipinski definition) is 1. The fraction of sp³-hybridized carbons (Fsp3) is 0.938. The van der Waals surface area contributed by atoms with Gasteiger partial charge < -0.3 is 4.90 Å². The average Bonchev–Trinajstić information content (AvgIpc) is 2.96. The van der Waals surface area contributed by atoms with Crippen LogP contribution in [0.4, 0.5) is 0 Å². The fourth-order valence-electron chi connectivity index (χ4n) is 3.61. The molecule has 2 fully saturated rings. The fourth-order valence-corrected chi connectivity index (χ4v) is 3.61. The number of amides is 1. The van der Waals surface area contributed by atoms with Crippen LogP contribution >= 0.6 is 0 Å². The largest absolute Gasteiger partial charge is 0.326 e. The minimum Gasteiger partial charge on any atom is -0.326 e. The maximum Gasteiger partial charge on any atom is 0.241 e. The van der Waals surface area contributed by atoms with Gasteiger partial charge in [-0.15, -0.1) is 0 Å². The van der Waals surface area contributed by atoms with Gasteiger partial charge in [-0.1, -0.05) is 46.5 Å². The number of nitrogens with zero attached hydrogens (tertiary/aromatic N) is 1. The van der Waals surface area contributed by atoms with Gasteiger partial charge in [-0.25, -0.2) is 0 Å². The summed E-state index contributed by atoms with van der Waals surface area (Å²) in [6.45, 7) is 7.52. The Balaban J connectivity index is 1.87. The molecular weight excluding hydrogens is 236 g/mol. The van der Waals surface area contributed by atoms with E-state index in [1.54, 1.807) is 0 Å². The predicted molar refractivity (Wildman–Crippen MR) is 78.7 cm³/mol. The molecule has 3 heteroatoms. The zero-order valence-electron chi connectivity index (χ0n) is 12.8. The van der Waals surface area contributed by atoms with Crippen molar-refractivity contribution < 1.29 is 4.79 Å². The van der Waals surface area contributed by atoms with Crippen molar-refractivity contribution in [2.75, 3.05) is 6.54 Å². The summed E-state index contributed by atoms with van der Waals surface area (Å²) in [6, 6.07) is 0.0635. The summed E-state index contributed by atoms with van der Waals surface area (Å²) in [7, 11) is 0. The molecule has 1 saturated carbocycles. The molecule has 3 nitrogen and oxygen atoms in total. The van der Waals surface area contributed by atoms with Crippen LogP contribution in [0.1, 0.15) is 65.7 Å². The van der Waals surface area contributed by atoms with E-state index in [4.69, 9.17) is 0 Å². The first-order chi connectivity index (χ1) is 9.11. The summed E-state index contributed by atoms with van der Waals surface area (Å²) < 4.78 is 0. The first kappa shape index (κ1) is 14.8. The second-order valence-electron chi connectivity index (χ2n) is 6.74. The SMILES string of the molecule is CCC1NC(CC(C)C)C(=O)N1CCC1CCCC1. The first-order valence-corrected chi connectivity index (χ1v) is 8.18. The summed E-state index contributed by atoms with van der Waals surface area (Å²) in [6.07, 6.45) is 9.01. The molecule has 19 heavy (non-hydrogen) atoms. The Kier molecular flexibility index (Phi) is 5.26. The second kappa shape index (κ2) is 6.74. The molecule has 2 aliphatic rings. The van der Waals surface area contributed by atoms with Crippen LogP contribution in [0, 0.1) is 11.8 Å². The zero-order chi connectivity index (χ0) is 13.8. The van der Waals surface area contributed by atoms with Gasteiger partial charge in [0.1, 0.15) is 0 Å². The predicted octanol–water partition coefficient (Wildman–Crippen LogP) is 3.15. The van der Waals surface area contributed by atoms with Crippen molar-refractivity contribution in [2.45, 2.75) is 77.9 Å². The van der Waals surface area contributed by atoms with Crippen molar-refractivity contribution in [3.63, 3.8) is 0 Å². The van der Waals surface area contributed by atoms with E-state index in [9.17, 15) is 4.79 Å². The molecule has 0 spiro atoms. The molecule has 2 atom stereocenters. The molecule has 1 N–H and O–H groups in total. The van der Waals surface area contributed by atoms with Crippen LogP contribution in [0.5, 0.6) is 0 Å². The molecule has 1 saturated heterocycles. The first-order valence-electron chi connectivity index (χ1n) is 8.18.